The van der Waals surface area contributed by atoms with Crippen molar-refractivity contribution in [2.75, 3.05) is 23.8 Å². The molecule has 154 valence electrons. The highest BCUT2D eigenvalue weighted by Crippen LogP contribution is 2.32. The molecule has 6 nitrogen and oxygen atoms in total. The Bertz CT molecular complexity index is 990. The molecule has 6 heteroatoms. The zero-order valence-electron chi connectivity index (χ0n) is 16.8. The van der Waals surface area contributed by atoms with E-state index < -0.39 is 6.04 Å². The predicted octanol–water partition coefficient (Wildman–Crippen LogP) is 4.48. The first-order valence-electron chi connectivity index (χ1n) is 9.91. The SMILES string of the molecule is C[C@H](Nc1ccc(OCc2ccccc2)cc1)C(=O)Nc1ccc2c(c1)OCCO2. The molecule has 0 saturated heterocycles. The number of carbonyl (C=O) groups excluding carboxylic acids is 1. The lowest BCUT2D eigenvalue weighted by atomic mass is 10.2. The van der Waals surface area contributed by atoms with Crippen molar-refractivity contribution < 1.29 is 19.0 Å². The fourth-order valence-electron chi connectivity index (χ4n) is 3.08. The average molecular weight is 404 g/mol. The fraction of sp³-hybridized carbons (Fsp3) is 0.208. The third-order valence-corrected chi connectivity index (χ3v) is 4.69. The maximum absolute atomic E-state index is 12.5. The molecular weight excluding hydrogens is 380 g/mol. The van der Waals surface area contributed by atoms with Crippen LogP contribution in [-0.4, -0.2) is 25.2 Å². The van der Waals surface area contributed by atoms with Gasteiger partial charge in [0.05, 0.1) is 0 Å². The van der Waals surface area contributed by atoms with Crippen LogP contribution in [0, 0.1) is 0 Å². The lowest BCUT2D eigenvalue weighted by Crippen LogP contribution is -2.31. The van der Waals surface area contributed by atoms with Crippen molar-refractivity contribution in [3.05, 3.63) is 78.4 Å². The Kier molecular flexibility index (Phi) is 6.03. The summed E-state index contributed by atoms with van der Waals surface area (Å²) in [5.41, 5.74) is 2.62. The van der Waals surface area contributed by atoms with Gasteiger partial charge in [0.2, 0.25) is 5.91 Å². The lowest BCUT2D eigenvalue weighted by molar-refractivity contribution is -0.116. The average Bonchev–Trinajstić information content (AvgIpc) is 2.79. The largest absolute Gasteiger partial charge is 0.489 e. The first kappa shape index (κ1) is 19.6. The summed E-state index contributed by atoms with van der Waals surface area (Å²) in [7, 11) is 0. The van der Waals surface area contributed by atoms with Crippen molar-refractivity contribution in [3.8, 4) is 17.2 Å². The highest BCUT2D eigenvalue weighted by atomic mass is 16.6. The Morgan fingerprint density at radius 3 is 2.40 bits per heavy atom. The Labute approximate surface area is 175 Å². The van der Waals surface area contributed by atoms with Crippen LogP contribution in [0.4, 0.5) is 11.4 Å². The van der Waals surface area contributed by atoms with Gasteiger partial charge in [-0.15, -0.1) is 0 Å². The van der Waals surface area contributed by atoms with Gasteiger partial charge in [-0.25, -0.2) is 0 Å². The number of amides is 1. The number of hydrogen-bond acceptors (Lipinski definition) is 5. The van der Waals surface area contributed by atoms with Gasteiger partial charge in [-0.1, -0.05) is 30.3 Å². The Morgan fingerprint density at radius 1 is 0.933 bits per heavy atom. The van der Waals surface area contributed by atoms with E-state index in [1.165, 1.54) is 0 Å². The minimum Gasteiger partial charge on any atom is -0.489 e. The van der Waals surface area contributed by atoms with E-state index >= 15 is 0 Å². The number of nitrogens with one attached hydrogen (secondary N) is 2. The summed E-state index contributed by atoms with van der Waals surface area (Å²) in [5, 5.41) is 6.10. The van der Waals surface area contributed by atoms with Gasteiger partial charge in [0.15, 0.2) is 11.5 Å². The number of benzene rings is 3. The Hall–Kier alpha value is -3.67. The van der Waals surface area contributed by atoms with E-state index in [1.807, 2.05) is 61.5 Å². The Balaban J connectivity index is 1.29. The smallest absolute Gasteiger partial charge is 0.246 e. The van der Waals surface area contributed by atoms with Crippen LogP contribution < -0.4 is 24.8 Å². The van der Waals surface area contributed by atoms with Crippen molar-refractivity contribution in [2.24, 2.45) is 0 Å². The van der Waals surface area contributed by atoms with Crippen LogP contribution in [0.1, 0.15) is 12.5 Å². The van der Waals surface area contributed by atoms with Crippen molar-refractivity contribution in [1.29, 1.82) is 0 Å². The molecule has 0 aromatic heterocycles. The van der Waals surface area contributed by atoms with Crippen LogP contribution >= 0.6 is 0 Å². The first-order chi connectivity index (χ1) is 14.7. The minimum absolute atomic E-state index is 0.143. The van der Waals surface area contributed by atoms with E-state index in [9.17, 15) is 4.79 Å². The molecule has 1 aliphatic heterocycles. The van der Waals surface area contributed by atoms with Crippen LogP contribution in [0.2, 0.25) is 0 Å². The second-order valence-electron chi connectivity index (χ2n) is 7.01. The van der Waals surface area contributed by atoms with E-state index in [-0.39, 0.29) is 5.91 Å². The summed E-state index contributed by atoms with van der Waals surface area (Å²) >= 11 is 0. The van der Waals surface area contributed by atoms with Crippen molar-refractivity contribution in [2.45, 2.75) is 19.6 Å². The van der Waals surface area contributed by atoms with Gasteiger partial charge < -0.3 is 24.8 Å². The summed E-state index contributed by atoms with van der Waals surface area (Å²) in [5.74, 6) is 1.97. The second kappa shape index (κ2) is 9.22. The van der Waals surface area contributed by atoms with E-state index in [4.69, 9.17) is 14.2 Å². The quantitative estimate of drug-likeness (QED) is 0.608. The standard InChI is InChI=1S/C24H24N2O4/c1-17(24(27)26-20-9-12-22-23(15-20)29-14-13-28-22)25-19-7-10-21(11-8-19)30-16-18-5-3-2-4-6-18/h2-12,15,17,25H,13-14,16H2,1H3,(H,26,27)/t17-/m0/s1. The summed E-state index contributed by atoms with van der Waals surface area (Å²) in [6.07, 6.45) is 0. The van der Waals surface area contributed by atoms with Gasteiger partial charge in [0.1, 0.15) is 31.6 Å². The van der Waals surface area contributed by atoms with Crippen molar-refractivity contribution in [3.63, 3.8) is 0 Å². The van der Waals surface area contributed by atoms with Crippen LogP contribution in [0.3, 0.4) is 0 Å². The maximum Gasteiger partial charge on any atom is 0.246 e. The molecule has 30 heavy (non-hydrogen) atoms. The number of hydrogen-bond donors (Lipinski definition) is 2. The zero-order valence-corrected chi connectivity index (χ0v) is 16.8. The molecule has 3 aromatic carbocycles. The highest BCUT2D eigenvalue weighted by Gasteiger charge is 2.16. The Morgan fingerprint density at radius 2 is 1.63 bits per heavy atom. The van der Waals surface area contributed by atoms with E-state index in [1.54, 1.807) is 18.2 Å². The summed E-state index contributed by atoms with van der Waals surface area (Å²) in [4.78, 5) is 12.5. The van der Waals surface area contributed by atoms with Gasteiger partial charge in [0, 0.05) is 17.4 Å². The predicted molar refractivity (Wildman–Crippen MR) is 116 cm³/mol. The monoisotopic (exact) mass is 404 g/mol. The normalized spacial score (nSPS) is 13.2. The highest BCUT2D eigenvalue weighted by molar-refractivity contribution is 5.96. The molecule has 0 unspecified atom stereocenters. The van der Waals surface area contributed by atoms with E-state index in [2.05, 4.69) is 10.6 Å². The molecule has 0 saturated carbocycles. The molecule has 0 spiro atoms. The number of carbonyl (C=O) groups is 1. The van der Waals surface area contributed by atoms with Gasteiger partial charge in [-0.3, -0.25) is 4.79 Å². The van der Waals surface area contributed by atoms with Crippen molar-refractivity contribution in [1.82, 2.24) is 0 Å². The van der Waals surface area contributed by atoms with Crippen molar-refractivity contribution >= 4 is 17.3 Å². The molecule has 0 aliphatic carbocycles. The number of anilines is 2. The molecule has 1 amide bonds. The van der Waals surface area contributed by atoms with Gasteiger partial charge in [0.25, 0.3) is 0 Å². The molecule has 1 heterocycles. The lowest BCUT2D eigenvalue weighted by Gasteiger charge is -2.20. The number of ether oxygens (including phenoxy) is 3. The molecule has 3 aromatic rings. The maximum atomic E-state index is 12.5. The molecule has 4 rings (SSSR count). The van der Waals surface area contributed by atoms with Crippen LogP contribution in [0.15, 0.2) is 72.8 Å². The van der Waals surface area contributed by atoms with Gasteiger partial charge in [-0.05, 0) is 48.9 Å². The fourth-order valence-corrected chi connectivity index (χ4v) is 3.08. The topological polar surface area (TPSA) is 68.8 Å². The van der Waals surface area contributed by atoms with Crippen LogP contribution in [0.5, 0.6) is 17.2 Å². The third-order valence-electron chi connectivity index (χ3n) is 4.69. The molecular formula is C24H24N2O4. The molecule has 0 fully saturated rings. The molecule has 0 radical (unpaired) electrons. The van der Waals surface area contributed by atoms with Crippen LogP contribution in [-0.2, 0) is 11.4 Å². The number of fused-ring (bicyclic) bond motifs is 1. The van der Waals surface area contributed by atoms with Gasteiger partial charge >= 0.3 is 0 Å². The van der Waals surface area contributed by atoms with E-state index in [0.717, 1.165) is 17.0 Å². The number of rotatable bonds is 7. The zero-order chi connectivity index (χ0) is 20.8. The molecule has 0 bridgehead atoms. The minimum atomic E-state index is -0.422. The third kappa shape index (κ3) is 5.03. The molecule has 1 atom stereocenters. The molecule has 2 N–H and O–H groups in total. The summed E-state index contributed by atoms with van der Waals surface area (Å²) < 4.78 is 16.9. The molecule has 1 aliphatic rings. The van der Waals surface area contributed by atoms with Gasteiger partial charge in [-0.2, -0.15) is 0 Å². The van der Waals surface area contributed by atoms with Crippen LogP contribution in [0.25, 0.3) is 0 Å². The summed E-state index contributed by atoms with van der Waals surface area (Å²) in [6.45, 7) is 3.37. The van der Waals surface area contributed by atoms with E-state index in [0.29, 0.717) is 37.0 Å². The second-order valence-corrected chi connectivity index (χ2v) is 7.01. The summed E-state index contributed by atoms with van der Waals surface area (Å²) in [6, 6.07) is 22.5. The first-order valence-corrected chi connectivity index (χ1v) is 9.91.